The van der Waals surface area contributed by atoms with Crippen molar-refractivity contribution in [3.8, 4) is 22.5 Å². The molecule has 0 bridgehead atoms. The fraction of sp³-hybridized carbons (Fsp3) is 0.115. The van der Waals surface area contributed by atoms with E-state index in [1.807, 2.05) is 56.7 Å². The third-order valence-corrected chi connectivity index (χ3v) is 5.40. The Bertz CT molecular complexity index is 1480. The minimum absolute atomic E-state index is 0.0724. The van der Waals surface area contributed by atoms with Gasteiger partial charge in [-0.15, -0.1) is 0 Å². The quantitative estimate of drug-likeness (QED) is 0.353. The molecule has 0 atom stereocenters. The molecule has 5 rings (SSSR count). The molecule has 7 nitrogen and oxygen atoms in total. The zero-order valence-electron chi connectivity index (χ0n) is 18.9. The summed E-state index contributed by atoms with van der Waals surface area (Å²) in [5, 5.41) is 8.04. The second-order valence-electron chi connectivity index (χ2n) is 8.32. The van der Waals surface area contributed by atoms with E-state index in [0.29, 0.717) is 22.9 Å². The smallest absolute Gasteiger partial charge is 0.227 e. The molecule has 0 amide bonds. The summed E-state index contributed by atoms with van der Waals surface area (Å²) < 4.78 is 15.6. The summed E-state index contributed by atoms with van der Waals surface area (Å²) in [5.41, 5.74) is 11.8. The van der Waals surface area contributed by atoms with Crippen LogP contribution in [0.15, 0.2) is 79.1 Å². The zero-order valence-corrected chi connectivity index (χ0v) is 18.9. The average molecular weight is 454 g/mol. The van der Waals surface area contributed by atoms with E-state index in [1.165, 1.54) is 11.6 Å². The van der Waals surface area contributed by atoms with Gasteiger partial charge in [0.25, 0.3) is 0 Å². The first-order valence-corrected chi connectivity index (χ1v) is 10.8. The Morgan fingerprint density at radius 1 is 1.03 bits per heavy atom. The van der Waals surface area contributed by atoms with Crippen LogP contribution in [0.4, 0.5) is 21.7 Å². The number of hydrogen-bond donors (Lipinski definition) is 2. The maximum absolute atomic E-state index is 13.8. The molecule has 2 aromatic carbocycles. The van der Waals surface area contributed by atoms with Gasteiger partial charge in [-0.1, -0.05) is 18.2 Å². The number of rotatable bonds is 6. The lowest BCUT2D eigenvalue weighted by atomic mass is 10.0. The average Bonchev–Trinajstić information content (AvgIpc) is 3.20. The van der Waals surface area contributed by atoms with Crippen molar-refractivity contribution in [2.75, 3.05) is 25.1 Å². The minimum Gasteiger partial charge on any atom is -0.396 e. The van der Waals surface area contributed by atoms with Gasteiger partial charge in [-0.25, -0.2) is 18.9 Å². The largest absolute Gasteiger partial charge is 0.396 e. The highest BCUT2D eigenvalue weighted by atomic mass is 19.1. The fourth-order valence-electron chi connectivity index (χ4n) is 3.94. The van der Waals surface area contributed by atoms with E-state index in [1.54, 1.807) is 22.8 Å². The van der Waals surface area contributed by atoms with Crippen LogP contribution in [0.3, 0.4) is 0 Å². The number of nitrogen functional groups attached to an aromatic ring is 1. The third-order valence-electron chi connectivity index (χ3n) is 5.40. The van der Waals surface area contributed by atoms with E-state index < -0.39 is 5.82 Å². The Hall–Kier alpha value is -4.30. The molecule has 3 aromatic heterocycles. The molecule has 5 aromatic rings. The molecule has 0 saturated carbocycles. The van der Waals surface area contributed by atoms with Gasteiger partial charge in [0.1, 0.15) is 11.5 Å². The van der Waals surface area contributed by atoms with Gasteiger partial charge in [0.05, 0.1) is 22.5 Å². The molecule has 3 N–H and O–H groups in total. The van der Waals surface area contributed by atoms with Crippen molar-refractivity contribution < 1.29 is 4.39 Å². The van der Waals surface area contributed by atoms with Crippen LogP contribution in [0.1, 0.15) is 5.56 Å². The van der Waals surface area contributed by atoms with Gasteiger partial charge in [0, 0.05) is 30.2 Å². The maximum atomic E-state index is 13.8. The van der Waals surface area contributed by atoms with Crippen LogP contribution in [0.5, 0.6) is 0 Å². The first kappa shape index (κ1) is 21.5. The SMILES string of the molecule is CN(C)Cc1cccc(Nc2nccc(-c3c(-c4ccc(F)c(N)c4)nn4ccccc34)n2)c1. The predicted octanol–water partition coefficient (Wildman–Crippen LogP) is 4.98. The molecule has 0 aliphatic heterocycles. The lowest BCUT2D eigenvalue weighted by Crippen LogP contribution is -2.10. The number of nitrogens with one attached hydrogen (secondary N) is 1. The highest BCUT2D eigenvalue weighted by Gasteiger charge is 2.19. The second-order valence-corrected chi connectivity index (χ2v) is 8.32. The van der Waals surface area contributed by atoms with Crippen LogP contribution in [0.2, 0.25) is 0 Å². The van der Waals surface area contributed by atoms with Crippen LogP contribution >= 0.6 is 0 Å². The lowest BCUT2D eigenvalue weighted by molar-refractivity contribution is 0.402. The standard InChI is InChI=1S/C26H24FN7/c1-33(2)16-17-6-5-7-19(14-17)30-26-29-12-11-22(31-26)24-23-8-3-4-13-34(23)32-25(24)18-9-10-20(27)21(28)15-18/h3-15H,16,28H2,1-2H3,(H,29,30,31). The summed E-state index contributed by atoms with van der Waals surface area (Å²) in [6.45, 7) is 0.836. The van der Waals surface area contributed by atoms with Crippen molar-refractivity contribution in [2.24, 2.45) is 0 Å². The van der Waals surface area contributed by atoms with Crippen molar-refractivity contribution in [2.45, 2.75) is 6.54 Å². The molecule has 0 saturated heterocycles. The van der Waals surface area contributed by atoms with E-state index in [4.69, 9.17) is 15.8 Å². The number of anilines is 3. The van der Waals surface area contributed by atoms with Crippen LogP contribution in [-0.2, 0) is 6.54 Å². The molecule has 8 heteroatoms. The molecule has 0 aliphatic carbocycles. The molecule has 170 valence electrons. The molecular formula is C26H24FN7. The number of fused-ring (bicyclic) bond motifs is 1. The van der Waals surface area contributed by atoms with Crippen LogP contribution in [0, 0.1) is 5.82 Å². The van der Waals surface area contributed by atoms with Crippen molar-refractivity contribution in [1.82, 2.24) is 24.5 Å². The van der Waals surface area contributed by atoms with E-state index in [0.717, 1.165) is 23.3 Å². The predicted molar refractivity (Wildman–Crippen MR) is 133 cm³/mol. The maximum Gasteiger partial charge on any atom is 0.227 e. The highest BCUT2D eigenvalue weighted by Crippen LogP contribution is 2.35. The molecule has 0 fully saturated rings. The molecule has 34 heavy (non-hydrogen) atoms. The summed E-state index contributed by atoms with van der Waals surface area (Å²) in [6.07, 6.45) is 3.58. The van der Waals surface area contributed by atoms with E-state index in [2.05, 4.69) is 27.3 Å². The van der Waals surface area contributed by atoms with Crippen LogP contribution in [-0.4, -0.2) is 38.6 Å². The Kier molecular flexibility index (Phi) is 5.65. The monoisotopic (exact) mass is 453 g/mol. The van der Waals surface area contributed by atoms with Crippen molar-refractivity contribution in [1.29, 1.82) is 0 Å². The van der Waals surface area contributed by atoms with Crippen molar-refractivity contribution >= 4 is 22.8 Å². The number of hydrogen-bond acceptors (Lipinski definition) is 6. The summed E-state index contributed by atoms with van der Waals surface area (Å²) in [5.74, 6) is 0.0124. The summed E-state index contributed by atoms with van der Waals surface area (Å²) in [6, 6.07) is 20.4. The Morgan fingerprint density at radius 3 is 2.74 bits per heavy atom. The van der Waals surface area contributed by atoms with E-state index in [9.17, 15) is 4.39 Å². The van der Waals surface area contributed by atoms with Crippen molar-refractivity contribution in [3.63, 3.8) is 0 Å². The number of halogens is 1. The van der Waals surface area contributed by atoms with Crippen LogP contribution in [0.25, 0.3) is 28.0 Å². The van der Waals surface area contributed by atoms with Gasteiger partial charge in [0.15, 0.2) is 0 Å². The Labute approximate surface area is 196 Å². The molecule has 3 heterocycles. The lowest BCUT2D eigenvalue weighted by Gasteiger charge is -2.12. The molecule has 0 aliphatic rings. The summed E-state index contributed by atoms with van der Waals surface area (Å²) in [4.78, 5) is 11.3. The van der Waals surface area contributed by atoms with Gasteiger partial charge in [-0.3, -0.25) is 0 Å². The number of benzene rings is 2. The summed E-state index contributed by atoms with van der Waals surface area (Å²) in [7, 11) is 4.07. The second kappa shape index (κ2) is 8.92. The fourth-order valence-corrected chi connectivity index (χ4v) is 3.94. The van der Waals surface area contributed by atoms with Crippen molar-refractivity contribution in [3.05, 3.63) is 90.5 Å². The summed E-state index contributed by atoms with van der Waals surface area (Å²) >= 11 is 0. The number of aromatic nitrogens is 4. The Balaban J connectivity index is 1.57. The first-order valence-electron chi connectivity index (χ1n) is 10.8. The van der Waals surface area contributed by atoms with Gasteiger partial charge >= 0.3 is 0 Å². The van der Waals surface area contributed by atoms with E-state index >= 15 is 0 Å². The van der Waals surface area contributed by atoms with Gasteiger partial charge in [0.2, 0.25) is 5.95 Å². The molecule has 0 unspecified atom stereocenters. The molecule has 0 spiro atoms. The minimum atomic E-state index is -0.459. The van der Waals surface area contributed by atoms with Crippen LogP contribution < -0.4 is 11.1 Å². The van der Waals surface area contributed by atoms with E-state index in [-0.39, 0.29) is 5.69 Å². The zero-order chi connectivity index (χ0) is 23.7. The normalized spacial score (nSPS) is 11.3. The Morgan fingerprint density at radius 2 is 1.91 bits per heavy atom. The number of nitrogens with zero attached hydrogens (tertiary/aromatic N) is 5. The molecule has 0 radical (unpaired) electrons. The first-order chi connectivity index (χ1) is 16.5. The molecular weight excluding hydrogens is 429 g/mol. The third kappa shape index (κ3) is 4.31. The topological polar surface area (TPSA) is 84.4 Å². The highest BCUT2D eigenvalue weighted by molar-refractivity contribution is 5.91. The van der Waals surface area contributed by atoms with Gasteiger partial charge < -0.3 is 16.0 Å². The number of nitrogens with two attached hydrogens (primary N) is 1. The van der Waals surface area contributed by atoms with Gasteiger partial charge in [-0.05, 0) is 68.2 Å². The number of pyridine rings is 1. The van der Waals surface area contributed by atoms with Gasteiger partial charge in [-0.2, -0.15) is 5.10 Å².